The van der Waals surface area contributed by atoms with Crippen molar-refractivity contribution in [1.82, 2.24) is 4.90 Å². The molecule has 4 nitrogen and oxygen atoms in total. The van der Waals surface area contributed by atoms with Gasteiger partial charge in [0.2, 0.25) is 0 Å². The van der Waals surface area contributed by atoms with Crippen LogP contribution in [0.3, 0.4) is 0 Å². The van der Waals surface area contributed by atoms with E-state index < -0.39 is 11.9 Å². The van der Waals surface area contributed by atoms with Gasteiger partial charge in [-0.3, -0.25) is 9.59 Å². The normalized spacial score (nSPS) is 12.0. The summed E-state index contributed by atoms with van der Waals surface area (Å²) < 4.78 is 0.710. The number of aliphatic carboxylic acids is 1. The Labute approximate surface area is 119 Å². The Morgan fingerprint density at radius 1 is 1.50 bits per heavy atom. The number of benzene rings is 1. The third-order valence-electron chi connectivity index (χ3n) is 2.48. The first-order valence-electron chi connectivity index (χ1n) is 5.26. The monoisotopic (exact) mass is 333 g/mol. The average Bonchev–Trinajstić information content (AvgIpc) is 2.31. The molecule has 0 saturated carbocycles. The van der Waals surface area contributed by atoms with Gasteiger partial charge in [-0.2, -0.15) is 0 Å². The van der Waals surface area contributed by atoms with E-state index in [1.54, 1.807) is 32.2 Å². The molecule has 0 aliphatic rings. The second-order valence-corrected chi connectivity index (χ2v) is 5.32. The van der Waals surface area contributed by atoms with Crippen molar-refractivity contribution in [2.45, 2.75) is 6.92 Å². The maximum Gasteiger partial charge on any atom is 0.308 e. The third kappa shape index (κ3) is 3.71. The first kappa shape index (κ1) is 15.0. The van der Waals surface area contributed by atoms with Gasteiger partial charge in [0.15, 0.2) is 0 Å². The number of carbonyl (C=O) groups is 2. The zero-order valence-corrected chi connectivity index (χ0v) is 12.3. The number of amides is 1. The summed E-state index contributed by atoms with van der Waals surface area (Å²) in [5, 5.41) is 9.24. The molecule has 18 heavy (non-hydrogen) atoms. The van der Waals surface area contributed by atoms with E-state index in [1.165, 1.54) is 4.90 Å². The number of hydrogen-bond acceptors (Lipinski definition) is 2. The van der Waals surface area contributed by atoms with Crippen LogP contribution in [0.2, 0.25) is 5.02 Å². The summed E-state index contributed by atoms with van der Waals surface area (Å²) in [6.45, 7) is 1.71. The zero-order valence-electron chi connectivity index (χ0n) is 9.98. The number of carbonyl (C=O) groups excluding carboxylic acids is 1. The van der Waals surface area contributed by atoms with Crippen molar-refractivity contribution in [1.29, 1.82) is 0 Å². The summed E-state index contributed by atoms with van der Waals surface area (Å²) >= 11 is 9.15. The third-order valence-corrected chi connectivity index (χ3v) is 3.72. The first-order chi connectivity index (χ1) is 8.32. The minimum absolute atomic E-state index is 0.155. The van der Waals surface area contributed by atoms with Crippen LogP contribution in [-0.2, 0) is 4.79 Å². The fourth-order valence-electron chi connectivity index (χ4n) is 1.42. The number of rotatable bonds is 4. The number of carboxylic acid groups (broad SMARTS) is 1. The fourth-order valence-corrected chi connectivity index (χ4v) is 1.85. The SMILES string of the molecule is CC(CN(C)C(=O)c1ccc(Br)c(Cl)c1)C(=O)O. The summed E-state index contributed by atoms with van der Waals surface area (Å²) in [4.78, 5) is 24.1. The van der Waals surface area contributed by atoms with E-state index in [-0.39, 0.29) is 12.5 Å². The Kier molecular flexibility index (Phi) is 5.16. The smallest absolute Gasteiger partial charge is 0.308 e. The van der Waals surface area contributed by atoms with Crippen LogP contribution < -0.4 is 0 Å². The predicted molar refractivity (Wildman–Crippen MR) is 72.9 cm³/mol. The molecule has 0 saturated heterocycles. The standard InChI is InChI=1S/C12H13BrClNO3/c1-7(12(17)18)6-15(2)11(16)8-3-4-9(13)10(14)5-8/h3-5,7H,6H2,1-2H3,(H,17,18). The largest absolute Gasteiger partial charge is 0.481 e. The van der Waals surface area contributed by atoms with Crippen LogP contribution in [0.4, 0.5) is 0 Å². The van der Waals surface area contributed by atoms with E-state index in [1.807, 2.05) is 0 Å². The summed E-state index contributed by atoms with van der Waals surface area (Å²) in [5.74, 6) is -1.79. The molecule has 1 aromatic carbocycles. The van der Waals surface area contributed by atoms with Crippen LogP contribution in [0, 0.1) is 5.92 Å². The lowest BCUT2D eigenvalue weighted by Crippen LogP contribution is -2.33. The van der Waals surface area contributed by atoms with Crippen molar-refractivity contribution < 1.29 is 14.7 Å². The van der Waals surface area contributed by atoms with Crippen molar-refractivity contribution in [2.24, 2.45) is 5.92 Å². The minimum Gasteiger partial charge on any atom is -0.481 e. The molecule has 0 spiro atoms. The van der Waals surface area contributed by atoms with Crippen molar-refractivity contribution >= 4 is 39.4 Å². The highest BCUT2D eigenvalue weighted by Crippen LogP contribution is 2.23. The number of halogens is 2. The highest BCUT2D eigenvalue weighted by Gasteiger charge is 2.18. The average molecular weight is 335 g/mol. The van der Waals surface area contributed by atoms with E-state index in [9.17, 15) is 9.59 Å². The molecule has 0 aliphatic heterocycles. The number of carboxylic acids is 1. The topological polar surface area (TPSA) is 57.6 Å². The quantitative estimate of drug-likeness (QED) is 0.921. The van der Waals surface area contributed by atoms with Gasteiger partial charge >= 0.3 is 5.97 Å². The molecule has 0 fully saturated rings. The van der Waals surface area contributed by atoms with Crippen LogP contribution in [0.15, 0.2) is 22.7 Å². The summed E-state index contributed by atoms with van der Waals surface area (Å²) in [7, 11) is 1.57. The molecular formula is C12H13BrClNO3. The molecule has 0 heterocycles. The van der Waals surface area contributed by atoms with Gasteiger partial charge in [0.1, 0.15) is 0 Å². The van der Waals surface area contributed by atoms with E-state index in [2.05, 4.69) is 15.9 Å². The molecule has 1 rings (SSSR count). The van der Waals surface area contributed by atoms with Gasteiger partial charge < -0.3 is 10.0 Å². The van der Waals surface area contributed by atoms with Crippen molar-refractivity contribution in [2.75, 3.05) is 13.6 Å². The number of hydrogen-bond donors (Lipinski definition) is 1. The van der Waals surface area contributed by atoms with E-state index in [0.717, 1.165) is 0 Å². The van der Waals surface area contributed by atoms with E-state index in [4.69, 9.17) is 16.7 Å². The van der Waals surface area contributed by atoms with Gasteiger partial charge in [0.05, 0.1) is 10.9 Å². The van der Waals surface area contributed by atoms with Crippen molar-refractivity contribution in [3.63, 3.8) is 0 Å². The van der Waals surface area contributed by atoms with Crippen LogP contribution in [0.25, 0.3) is 0 Å². The summed E-state index contributed by atoms with van der Waals surface area (Å²) in [5.41, 5.74) is 0.434. The molecule has 0 radical (unpaired) electrons. The maximum absolute atomic E-state index is 12.0. The molecular weight excluding hydrogens is 321 g/mol. The fraction of sp³-hybridized carbons (Fsp3) is 0.333. The molecule has 0 bridgehead atoms. The Morgan fingerprint density at radius 3 is 2.61 bits per heavy atom. The lowest BCUT2D eigenvalue weighted by Gasteiger charge is -2.19. The molecule has 0 aromatic heterocycles. The predicted octanol–water partition coefficient (Wildman–Crippen LogP) is 2.90. The van der Waals surface area contributed by atoms with Gasteiger partial charge in [0.25, 0.3) is 5.91 Å². The molecule has 98 valence electrons. The molecule has 1 N–H and O–H groups in total. The highest BCUT2D eigenvalue weighted by atomic mass is 79.9. The lowest BCUT2D eigenvalue weighted by molar-refractivity contribution is -0.141. The van der Waals surface area contributed by atoms with Crippen LogP contribution in [0.1, 0.15) is 17.3 Å². The lowest BCUT2D eigenvalue weighted by atomic mass is 10.1. The minimum atomic E-state index is -0.927. The zero-order chi connectivity index (χ0) is 13.9. The second-order valence-electron chi connectivity index (χ2n) is 4.05. The first-order valence-corrected chi connectivity index (χ1v) is 6.43. The Bertz CT molecular complexity index is 478. The van der Waals surface area contributed by atoms with Crippen LogP contribution in [0.5, 0.6) is 0 Å². The second kappa shape index (κ2) is 6.20. The maximum atomic E-state index is 12.0. The Morgan fingerprint density at radius 2 is 2.11 bits per heavy atom. The van der Waals surface area contributed by atoms with Gasteiger partial charge in [0, 0.05) is 23.6 Å². The number of nitrogens with zero attached hydrogens (tertiary/aromatic N) is 1. The van der Waals surface area contributed by atoms with Crippen LogP contribution >= 0.6 is 27.5 Å². The summed E-state index contributed by atoms with van der Waals surface area (Å²) in [6.07, 6.45) is 0. The van der Waals surface area contributed by atoms with Gasteiger partial charge in [-0.25, -0.2) is 0 Å². The van der Waals surface area contributed by atoms with Gasteiger partial charge in [-0.1, -0.05) is 18.5 Å². The Hall–Kier alpha value is -1.07. The Balaban J connectivity index is 2.80. The van der Waals surface area contributed by atoms with E-state index in [0.29, 0.717) is 15.1 Å². The molecule has 1 amide bonds. The molecule has 0 aliphatic carbocycles. The van der Waals surface area contributed by atoms with Crippen molar-refractivity contribution in [3.8, 4) is 0 Å². The van der Waals surface area contributed by atoms with Gasteiger partial charge in [-0.05, 0) is 34.1 Å². The van der Waals surface area contributed by atoms with Crippen molar-refractivity contribution in [3.05, 3.63) is 33.3 Å². The molecule has 1 atom stereocenters. The highest BCUT2D eigenvalue weighted by molar-refractivity contribution is 9.10. The summed E-state index contributed by atoms with van der Waals surface area (Å²) in [6, 6.07) is 4.88. The van der Waals surface area contributed by atoms with Crippen LogP contribution in [-0.4, -0.2) is 35.5 Å². The molecule has 1 unspecified atom stereocenters. The van der Waals surface area contributed by atoms with E-state index >= 15 is 0 Å². The molecule has 1 aromatic rings. The van der Waals surface area contributed by atoms with Gasteiger partial charge in [-0.15, -0.1) is 0 Å². The molecule has 6 heteroatoms.